The van der Waals surface area contributed by atoms with Crippen LogP contribution in [-0.2, 0) is 20.7 Å². The number of nitrogens with zero attached hydrogens (tertiary/aromatic N) is 1. The van der Waals surface area contributed by atoms with Crippen molar-refractivity contribution < 1.29 is 23.5 Å². The molecule has 1 fully saturated rings. The number of benzene rings is 1. The first-order valence-corrected chi connectivity index (χ1v) is 7.99. The lowest BCUT2D eigenvalue weighted by molar-refractivity contribution is -0.139. The van der Waals surface area contributed by atoms with Gasteiger partial charge in [0.05, 0.1) is 20.3 Å². The van der Waals surface area contributed by atoms with Crippen LogP contribution in [-0.4, -0.2) is 56.2 Å². The summed E-state index contributed by atoms with van der Waals surface area (Å²) in [4.78, 5) is 25.9. The van der Waals surface area contributed by atoms with Crippen LogP contribution in [0.2, 0.25) is 0 Å². The second kappa shape index (κ2) is 8.63. The number of rotatable bonds is 6. The predicted octanol–water partition coefficient (Wildman–Crippen LogP) is 1.13. The van der Waals surface area contributed by atoms with Crippen LogP contribution in [0.15, 0.2) is 18.2 Å². The largest absolute Gasteiger partial charge is 0.494 e. The highest BCUT2D eigenvalue weighted by molar-refractivity contribution is 5.87. The van der Waals surface area contributed by atoms with Gasteiger partial charge in [-0.25, -0.2) is 4.39 Å². The fraction of sp³-hybridized carbons (Fsp3) is 0.529. The lowest BCUT2D eigenvalue weighted by Gasteiger charge is -2.29. The Morgan fingerprint density at radius 1 is 1.38 bits per heavy atom. The molecule has 0 bridgehead atoms. The zero-order valence-corrected chi connectivity index (χ0v) is 14.0. The fourth-order valence-corrected chi connectivity index (χ4v) is 2.56. The van der Waals surface area contributed by atoms with Crippen LogP contribution < -0.4 is 10.1 Å². The number of methoxy groups -OCH3 is 1. The number of nitrogens with one attached hydrogen (secondary N) is 1. The highest BCUT2D eigenvalue weighted by atomic mass is 19.1. The second-order valence-electron chi connectivity index (χ2n) is 5.70. The third-order valence-corrected chi connectivity index (χ3v) is 3.93. The van der Waals surface area contributed by atoms with E-state index in [-0.39, 0.29) is 24.0 Å². The van der Waals surface area contributed by atoms with Crippen molar-refractivity contribution in [3.63, 3.8) is 0 Å². The highest BCUT2D eigenvalue weighted by Gasteiger charge is 2.23. The molecule has 0 aromatic heterocycles. The van der Waals surface area contributed by atoms with Crippen molar-refractivity contribution in [3.8, 4) is 5.75 Å². The molecule has 1 saturated heterocycles. The molecule has 0 spiro atoms. The average Bonchev–Trinajstić information content (AvgIpc) is 2.60. The van der Waals surface area contributed by atoms with Gasteiger partial charge in [0.1, 0.15) is 6.04 Å². The van der Waals surface area contributed by atoms with Gasteiger partial charge in [-0.15, -0.1) is 0 Å². The molecule has 2 amide bonds. The van der Waals surface area contributed by atoms with Gasteiger partial charge < -0.3 is 19.7 Å². The summed E-state index contributed by atoms with van der Waals surface area (Å²) in [5.74, 6) is -0.623. The first-order valence-electron chi connectivity index (χ1n) is 7.99. The molecule has 1 heterocycles. The van der Waals surface area contributed by atoms with Crippen molar-refractivity contribution >= 4 is 11.8 Å². The molecular weight excluding hydrogens is 315 g/mol. The molecule has 0 saturated carbocycles. The fourth-order valence-electron chi connectivity index (χ4n) is 2.56. The van der Waals surface area contributed by atoms with Gasteiger partial charge in [0, 0.05) is 19.5 Å². The van der Waals surface area contributed by atoms with Gasteiger partial charge in [0.2, 0.25) is 11.8 Å². The smallest absolute Gasteiger partial charge is 0.245 e. The van der Waals surface area contributed by atoms with Crippen LogP contribution in [0.25, 0.3) is 0 Å². The van der Waals surface area contributed by atoms with E-state index in [0.717, 1.165) is 0 Å². The molecule has 0 aliphatic carbocycles. The minimum Gasteiger partial charge on any atom is -0.494 e. The molecule has 132 valence electrons. The van der Waals surface area contributed by atoms with E-state index >= 15 is 0 Å². The van der Waals surface area contributed by atoms with Crippen molar-refractivity contribution in [1.29, 1.82) is 0 Å². The van der Waals surface area contributed by atoms with Gasteiger partial charge in [0.15, 0.2) is 11.6 Å². The van der Waals surface area contributed by atoms with Crippen molar-refractivity contribution in [2.24, 2.45) is 0 Å². The van der Waals surface area contributed by atoms with E-state index in [9.17, 15) is 14.0 Å². The van der Waals surface area contributed by atoms with Crippen LogP contribution in [0.4, 0.5) is 4.39 Å². The van der Waals surface area contributed by atoms with Crippen molar-refractivity contribution in [3.05, 3.63) is 29.6 Å². The molecule has 0 radical (unpaired) electrons. The van der Waals surface area contributed by atoms with Crippen LogP contribution in [0, 0.1) is 5.82 Å². The van der Waals surface area contributed by atoms with Gasteiger partial charge in [-0.05, 0) is 31.0 Å². The van der Waals surface area contributed by atoms with E-state index < -0.39 is 11.9 Å². The van der Waals surface area contributed by atoms with Crippen LogP contribution >= 0.6 is 0 Å². The summed E-state index contributed by atoms with van der Waals surface area (Å²) in [5.41, 5.74) is 0.704. The van der Waals surface area contributed by atoms with Gasteiger partial charge in [-0.1, -0.05) is 6.07 Å². The monoisotopic (exact) mass is 338 g/mol. The summed E-state index contributed by atoms with van der Waals surface area (Å²) in [6, 6.07) is 4.03. The maximum Gasteiger partial charge on any atom is 0.245 e. The zero-order valence-electron chi connectivity index (χ0n) is 14.0. The number of morpholine rings is 1. The van der Waals surface area contributed by atoms with E-state index in [4.69, 9.17) is 9.47 Å². The minimum atomic E-state index is -0.580. The van der Waals surface area contributed by atoms with E-state index in [1.165, 1.54) is 19.2 Å². The average molecular weight is 338 g/mol. The molecule has 1 aliphatic heterocycles. The Hall–Kier alpha value is -2.15. The first-order chi connectivity index (χ1) is 11.5. The Morgan fingerprint density at radius 2 is 2.08 bits per heavy atom. The number of halogens is 1. The Kier molecular flexibility index (Phi) is 6.54. The Morgan fingerprint density at radius 3 is 2.71 bits per heavy atom. The number of hydrogen-bond donors (Lipinski definition) is 1. The Balaban J connectivity index is 1.79. The SMILES string of the molecule is COc1ccc(CCC(=O)NC(C)C(=O)N2CCOCC2)cc1F. The normalized spacial score (nSPS) is 15.7. The highest BCUT2D eigenvalue weighted by Crippen LogP contribution is 2.18. The molecule has 7 heteroatoms. The maximum atomic E-state index is 13.6. The molecule has 2 rings (SSSR count). The second-order valence-corrected chi connectivity index (χ2v) is 5.70. The summed E-state index contributed by atoms with van der Waals surface area (Å²) < 4.78 is 23.7. The number of carbonyl (C=O) groups excluding carboxylic acids is 2. The number of aryl methyl sites for hydroxylation is 1. The predicted molar refractivity (Wildman–Crippen MR) is 86.3 cm³/mol. The van der Waals surface area contributed by atoms with Gasteiger partial charge in [-0.3, -0.25) is 9.59 Å². The lowest BCUT2D eigenvalue weighted by atomic mass is 10.1. The number of amides is 2. The molecule has 1 unspecified atom stereocenters. The van der Waals surface area contributed by atoms with E-state index in [0.29, 0.717) is 38.3 Å². The molecule has 1 N–H and O–H groups in total. The zero-order chi connectivity index (χ0) is 17.5. The third kappa shape index (κ3) is 4.92. The molecular formula is C17H23FN2O4. The number of hydrogen-bond acceptors (Lipinski definition) is 4. The lowest BCUT2D eigenvalue weighted by Crippen LogP contribution is -2.50. The van der Waals surface area contributed by atoms with Gasteiger partial charge in [-0.2, -0.15) is 0 Å². The van der Waals surface area contributed by atoms with E-state index in [1.54, 1.807) is 17.9 Å². The molecule has 1 atom stereocenters. The summed E-state index contributed by atoms with van der Waals surface area (Å²) in [6.45, 7) is 3.81. The van der Waals surface area contributed by atoms with Crippen LogP contribution in [0.5, 0.6) is 5.75 Å². The number of ether oxygens (including phenoxy) is 2. The van der Waals surface area contributed by atoms with Gasteiger partial charge >= 0.3 is 0 Å². The quantitative estimate of drug-likeness (QED) is 0.844. The van der Waals surface area contributed by atoms with E-state index in [1.807, 2.05) is 0 Å². The summed E-state index contributed by atoms with van der Waals surface area (Å²) in [6.07, 6.45) is 0.581. The molecule has 6 nitrogen and oxygen atoms in total. The Bertz CT molecular complexity index is 588. The minimum absolute atomic E-state index is 0.109. The molecule has 24 heavy (non-hydrogen) atoms. The summed E-state index contributed by atoms with van der Waals surface area (Å²) in [5, 5.41) is 2.69. The topological polar surface area (TPSA) is 67.9 Å². The first kappa shape index (κ1) is 18.2. The standard InChI is InChI=1S/C17H23FN2O4/c1-12(17(22)20-7-9-24-10-8-20)19-16(21)6-4-13-3-5-15(23-2)14(18)11-13/h3,5,11-12H,4,6-10H2,1-2H3,(H,19,21). The van der Waals surface area contributed by atoms with Crippen molar-refractivity contribution in [2.75, 3.05) is 33.4 Å². The number of carbonyl (C=O) groups is 2. The van der Waals surface area contributed by atoms with Crippen LogP contribution in [0.3, 0.4) is 0 Å². The van der Waals surface area contributed by atoms with Crippen LogP contribution in [0.1, 0.15) is 18.9 Å². The maximum absolute atomic E-state index is 13.6. The molecule has 1 aliphatic rings. The van der Waals surface area contributed by atoms with E-state index in [2.05, 4.69) is 5.32 Å². The van der Waals surface area contributed by atoms with Gasteiger partial charge in [0.25, 0.3) is 0 Å². The van der Waals surface area contributed by atoms with Crippen molar-refractivity contribution in [1.82, 2.24) is 10.2 Å². The Labute approximate surface area is 140 Å². The molecule has 1 aromatic carbocycles. The third-order valence-electron chi connectivity index (χ3n) is 3.93. The summed E-state index contributed by atoms with van der Waals surface area (Å²) >= 11 is 0. The summed E-state index contributed by atoms with van der Waals surface area (Å²) in [7, 11) is 1.40. The van der Waals surface area contributed by atoms with Crippen molar-refractivity contribution in [2.45, 2.75) is 25.8 Å². The molecule has 1 aromatic rings.